The van der Waals surface area contributed by atoms with E-state index < -0.39 is 19.1 Å². The van der Waals surface area contributed by atoms with Crippen molar-refractivity contribution in [3.8, 4) is 0 Å². The summed E-state index contributed by atoms with van der Waals surface area (Å²) in [6, 6.07) is 9.83. The van der Waals surface area contributed by atoms with Crippen molar-refractivity contribution < 1.29 is 18.9 Å². The molecular formula is C14H19BN2O4. The van der Waals surface area contributed by atoms with Gasteiger partial charge in [0.25, 0.3) is 0 Å². The van der Waals surface area contributed by atoms with E-state index >= 15 is 0 Å². The monoisotopic (exact) mass is 290 g/mol. The van der Waals surface area contributed by atoms with Gasteiger partial charge in [0.05, 0.1) is 19.0 Å². The van der Waals surface area contributed by atoms with Gasteiger partial charge in [-0.05, 0) is 19.5 Å². The van der Waals surface area contributed by atoms with Crippen LogP contribution < -0.4 is 5.32 Å². The number of benzene rings is 1. The number of hydrogen-bond donors (Lipinski definition) is 1. The summed E-state index contributed by atoms with van der Waals surface area (Å²) in [6.07, 6.45) is 0. The summed E-state index contributed by atoms with van der Waals surface area (Å²) in [5.41, 5.74) is 1.10. The van der Waals surface area contributed by atoms with Crippen molar-refractivity contribution in [1.29, 1.82) is 0 Å². The molecule has 21 heavy (non-hydrogen) atoms. The number of carbonyl (C=O) groups excluding carboxylic acids is 2. The highest BCUT2D eigenvalue weighted by atomic mass is 16.6. The third kappa shape index (κ3) is 4.88. The summed E-state index contributed by atoms with van der Waals surface area (Å²) in [6.45, 7) is 2.58. The molecule has 1 aromatic rings. The van der Waals surface area contributed by atoms with Crippen molar-refractivity contribution in [2.75, 3.05) is 20.1 Å². The van der Waals surface area contributed by atoms with Crippen molar-refractivity contribution in [2.24, 2.45) is 0 Å². The molecule has 1 atom stereocenters. The number of rotatable bonds is 4. The van der Waals surface area contributed by atoms with Gasteiger partial charge in [0, 0.05) is 6.54 Å². The second kappa shape index (κ2) is 7.24. The van der Waals surface area contributed by atoms with E-state index in [1.165, 1.54) is 0 Å². The fourth-order valence-corrected chi connectivity index (χ4v) is 2.03. The Morgan fingerprint density at radius 3 is 2.33 bits per heavy atom. The Morgan fingerprint density at radius 2 is 1.76 bits per heavy atom. The Labute approximate surface area is 124 Å². The van der Waals surface area contributed by atoms with Crippen LogP contribution in [0, 0.1) is 0 Å². The first-order valence-corrected chi connectivity index (χ1v) is 6.89. The number of hydrogen-bond acceptors (Lipinski definition) is 6. The highest BCUT2D eigenvalue weighted by Gasteiger charge is 2.36. The van der Waals surface area contributed by atoms with Gasteiger partial charge in [-0.25, -0.2) is 0 Å². The lowest BCUT2D eigenvalue weighted by molar-refractivity contribution is -0.146. The number of carbonyl (C=O) groups is 2. The van der Waals surface area contributed by atoms with Crippen molar-refractivity contribution in [2.45, 2.75) is 19.4 Å². The molecule has 0 aliphatic carbocycles. The first-order valence-electron chi connectivity index (χ1n) is 6.89. The van der Waals surface area contributed by atoms with E-state index in [1.807, 2.05) is 37.3 Å². The van der Waals surface area contributed by atoms with Gasteiger partial charge < -0.3 is 14.6 Å². The van der Waals surface area contributed by atoms with Crippen LogP contribution in [-0.2, 0) is 25.4 Å². The van der Waals surface area contributed by atoms with E-state index in [4.69, 9.17) is 9.31 Å². The zero-order valence-electron chi connectivity index (χ0n) is 12.2. The molecule has 1 N–H and O–H groups in total. The van der Waals surface area contributed by atoms with Gasteiger partial charge in [-0.1, -0.05) is 30.3 Å². The maximum absolute atomic E-state index is 11.7. The zero-order chi connectivity index (χ0) is 15.2. The minimum Gasteiger partial charge on any atom is -0.497 e. The molecule has 1 heterocycles. The van der Waals surface area contributed by atoms with Gasteiger partial charge in [0.1, 0.15) is 0 Å². The largest absolute Gasteiger partial charge is 0.616 e. The van der Waals surface area contributed by atoms with E-state index in [1.54, 1.807) is 11.9 Å². The zero-order valence-corrected chi connectivity index (χ0v) is 12.2. The van der Waals surface area contributed by atoms with Gasteiger partial charge in [0.15, 0.2) is 0 Å². The molecule has 0 bridgehead atoms. The number of likely N-dealkylation sites (N-methyl/N-ethyl adjacent to an activating group) is 1. The van der Waals surface area contributed by atoms with E-state index in [0.29, 0.717) is 6.54 Å². The van der Waals surface area contributed by atoms with Crippen molar-refractivity contribution >= 4 is 19.1 Å². The number of nitrogens with one attached hydrogen (secondary N) is 1. The van der Waals surface area contributed by atoms with Gasteiger partial charge in [-0.15, -0.1) is 0 Å². The van der Waals surface area contributed by atoms with E-state index in [0.717, 1.165) is 5.56 Å². The van der Waals surface area contributed by atoms with Crippen molar-refractivity contribution in [1.82, 2.24) is 10.2 Å². The normalized spacial score (nSPS) is 18.5. The Kier molecular flexibility index (Phi) is 5.35. The lowest BCUT2D eigenvalue weighted by atomic mass is 9.79. The third-order valence-electron chi connectivity index (χ3n) is 3.17. The van der Waals surface area contributed by atoms with Crippen LogP contribution in [0.4, 0.5) is 0 Å². The SMILES string of the molecule is CC(NCc1ccccc1)B1OC(=O)CN(C)CC(=O)O1. The Bertz CT molecular complexity index is 477. The summed E-state index contributed by atoms with van der Waals surface area (Å²) >= 11 is 0. The molecule has 1 saturated heterocycles. The van der Waals surface area contributed by atoms with Gasteiger partial charge in [0.2, 0.25) is 0 Å². The Hall–Kier alpha value is -1.86. The molecule has 112 valence electrons. The van der Waals surface area contributed by atoms with Crippen LogP contribution in [0.15, 0.2) is 30.3 Å². The van der Waals surface area contributed by atoms with E-state index in [2.05, 4.69) is 5.32 Å². The Morgan fingerprint density at radius 1 is 1.19 bits per heavy atom. The summed E-state index contributed by atoms with van der Waals surface area (Å²) in [5, 5.41) is 3.20. The summed E-state index contributed by atoms with van der Waals surface area (Å²) in [4.78, 5) is 24.9. The molecule has 0 saturated carbocycles. The molecule has 1 aromatic carbocycles. The minimum absolute atomic E-state index is 0.0804. The van der Waals surface area contributed by atoms with E-state index in [-0.39, 0.29) is 19.0 Å². The average molecular weight is 290 g/mol. The quantitative estimate of drug-likeness (QED) is 0.800. The summed E-state index contributed by atoms with van der Waals surface area (Å²) < 4.78 is 10.4. The summed E-state index contributed by atoms with van der Waals surface area (Å²) in [7, 11) is 0.766. The molecule has 0 amide bonds. The van der Waals surface area contributed by atoms with Crippen LogP contribution in [0.1, 0.15) is 12.5 Å². The van der Waals surface area contributed by atoms with Crippen LogP contribution in [0.25, 0.3) is 0 Å². The predicted molar refractivity (Wildman–Crippen MR) is 78.2 cm³/mol. The first-order chi connectivity index (χ1) is 10.0. The average Bonchev–Trinajstić information content (AvgIpc) is 2.43. The van der Waals surface area contributed by atoms with Crippen LogP contribution >= 0.6 is 0 Å². The summed E-state index contributed by atoms with van der Waals surface area (Å²) in [5.74, 6) is -1.09. The second-order valence-electron chi connectivity index (χ2n) is 5.18. The molecule has 1 aliphatic rings. The topological polar surface area (TPSA) is 67.9 Å². The molecule has 7 heteroatoms. The molecule has 0 aromatic heterocycles. The minimum atomic E-state index is -0.901. The maximum Gasteiger partial charge on any atom is 0.616 e. The maximum atomic E-state index is 11.7. The Balaban J connectivity index is 1.91. The van der Waals surface area contributed by atoms with Crippen molar-refractivity contribution in [3.63, 3.8) is 0 Å². The lowest BCUT2D eigenvalue weighted by Gasteiger charge is -2.25. The first kappa shape index (κ1) is 15.5. The molecule has 1 fully saturated rings. The fraction of sp³-hybridized carbons (Fsp3) is 0.429. The highest BCUT2D eigenvalue weighted by molar-refractivity contribution is 6.50. The molecular weight excluding hydrogens is 271 g/mol. The smallest absolute Gasteiger partial charge is 0.497 e. The van der Waals surface area contributed by atoms with Gasteiger partial charge >= 0.3 is 19.1 Å². The van der Waals surface area contributed by atoms with Gasteiger partial charge in [-0.3, -0.25) is 14.5 Å². The molecule has 0 spiro atoms. The van der Waals surface area contributed by atoms with Crippen LogP contribution in [0.5, 0.6) is 0 Å². The molecule has 0 radical (unpaired) electrons. The lowest BCUT2D eigenvalue weighted by Crippen LogP contribution is -2.51. The molecule has 1 unspecified atom stereocenters. The van der Waals surface area contributed by atoms with Crippen molar-refractivity contribution in [3.05, 3.63) is 35.9 Å². The number of nitrogens with zero attached hydrogens (tertiary/aromatic N) is 1. The standard InChI is InChI=1S/C14H19BN2O4/c1-11(16-8-12-6-4-3-5-7-12)15-20-13(18)9-17(2)10-14(19)21-15/h3-7,11,16H,8-10H2,1-2H3. The molecule has 6 nitrogen and oxygen atoms in total. The van der Waals surface area contributed by atoms with Crippen LogP contribution in [0.2, 0.25) is 0 Å². The molecule has 1 aliphatic heterocycles. The fourth-order valence-electron chi connectivity index (χ4n) is 2.03. The highest BCUT2D eigenvalue weighted by Crippen LogP contribution is 2.05. The van der Waals surface area contributed by atoms with Crippen LogP contribution in [-0.4, -0.2) is 50.0 Å². The molecule has 2 rings (SSSR count). The second-order valence-corrected chi connectivity index (χ2v) is 5.18. The third-order valence-corrected chi connectivity index (χ3v) is 3.17. The van der Waals surface area contributed by atoms with Gasteiger partial charge in [-0.2, -0.15) is 0 Å². The predicted octanol–water partition coefficient (Wildman–Crippen LogP) is 0.224. The van der Waals surface area contributed by atoms with E-state index in [9.17, 15) is 9.59 Å². The van der Waals surface area contributed by atoms with Crippen LogP contribution in [0.3, 0.4) is 0 Å².